The number of hydrogen-bond donors (Lipinski definition) is 2. The highest BCUT2D eigenvalue weighted by Crippen LogP contribution is 2.29. The molecule has 0 saturated heterocycles. The maximum absolute atomic E-state index is 13.3. The Balaban J connectivity index is 2.15. The molecule has 0 radical (unpaired) electrons. The van der Waals surface area contributed by atoms with Gasteiger partial charge < -0.3 is 15.2 Å². The van der Waals surface area contributed by atoms with Crippen LogP contribution in [0.3, 0.4) is 0 Å². The van der Waals surface area contributed by atoms with Gasteiger partial charge in [-0.05, 0) is 35.9 Å². The lowest BCUT2D eigenvalue weighted by molar-refractivity contribution is 0.284. The molecule has 110 valence electrons. The summed E-state index contributed by atoms with van der Waals surface area (Å²) in [6.45, 7) is 0.171. The van der Waals surface area contributed by atoms with Crippen molar-refractivity contribution in [3.63, 3.8) is 0 Å². The summed E-state index contributed by atoms with van der Waals surface area (Å²) in [5.41, 5.74) is 6.60. The Hall–Kier alpha value is -2.27. The molecule has 0 aliphatic heterocycles. The predicted molar refractivity (Wildman–Crippen MR) is 79.8 cm³/mol. The highest BCUT2D eigenvalue weighted by molar-refractivity contribution is 6.30. The first kappa shape index (κ1) is 15.1. The van der Waals surface area contributed by atoms with Gasteiger partial charge in [-0.2, -0.15) is 0 Å². The Morgan fingerprint density at radius 1 is 1.24 bits per heavy atom. The number of benzene rings is 2. The van der Waals surface area contributed by atoms with Crippen LogP contribution in [-0.2, 0) is 6.61 Å². The van der Waals surface area contributed by atoms with Gasteiger partial charge in [0.2, 0.25) is 0 Å². The van der Waals surface area contributed by atoms with Crippen molar-refractivity contribution in [2.45, 2.75) is 6.61 Å². The fraction of sp³-hybridized carbons (Fsp3) is 0.133. The Morgan fingerprint density at radius 3 is 2.62 bits per heavy atom. The van der Waals surface area contributed by atoms with E-state index in [4.69, 9.17) is 32.2 Å². The first-order chi connectivity index (χ1) is 10.0. The van der Waals surface area contributed by atoms with Gasteiger partial charge in [0.25, 0.3) is 0 Å². The van der Waals surface area contributed by atoms with Gasteiger partial charge in [-0.3, -0.25) is 5.41 Å². The van der Waals surface area contributed by atoms with Crippen LogP contribution in [0.15, 0.2) is 36.4 Å². The molecule has 4 nitrogen and oxygen atoms in total. The summed E-state index contributed by atoms with van der Waals surface area (Å²) < 4.78 is 24.1. The second-order valence-electron chi connectivity index (χ2n) is 4.32. The third kappa shape index (κ3) is 3.64. The number of nitrogen functional groups attached to an aromatic ring is 1. The SMILES string of the molecule is COc1cc(C(=N)N)ccc1OCc1ccc(Cl)c(F)c1. The first-order valence-electron chi connectivity index (χ1n) is 6.10. The average molecular weight is 309 g/mol. The summed E-state index contributed by atoms with van der Waals surface area (Å²) in [5.74, 6) is 0.395. The van der Waals surface area contributed by atoms with Crippen molar-refractivity contribution in [1.82, 2.24) is 0 Å². The van der Waals surface area contributed by atoms with E-state index in [1.807, 2.05) is 0 Å². The molecule has 0 atom stereocenters. The van der Waals surface area contributed by atoms with Crippen LogP contribution in [0.25, 0.3) is 0 Å². The van der Waals surface area contributed by atoms with Crippen molar-refractivity contribution in [3.05, 3.63) is 58.4 Å². The second kappa shape index (κ2) is 6.45. The molecule has 6 heteroatoms. The first-order valence-corrected chi connectivity index (χ1v) is 6.48. The minimum Gasteiger partial charge on any atom is -0.493 e. The largest absolute Gasteiger partial charge is 0.493 e. The Bertz CT molecular complexity index is 677. The van der Waals surface area contributed by atoms with Gasteiger partial charge in [-0.25, -0.2) is 4.39 Å². The number of amidine groups is 1. The lowest BCUT2D eigenvalue weighted by atomic mass is 10.2. The molecular formula is C15H14ClFN2O2. The fourth-order valence-electron chi connectivity index (χ4n) is 1.74. The molecular weight excluding hydrogens is 295 g/mol. The molecule has 21 heavy (non-hydrogen) atoms. The van der Waals surface area contributed by atoms with Crippen molar-refractivity contribution in [2.75, 3.05) is 7.11 Å². The zero-order chi connectivity index (χ0) is 15.4. The molecule has 0 saturated carbocycles. The normalized spacial score (nSPS) is 10.2. The number of hydrogen-bond acceptors (Lipinski definition) is 3. The highest BCUT2D eigenvalue weighted by atomic mass is 35.5. The van der Waals surface area contributed by atoms with Crippen LogP contribution in [0.2, 0.25) is 5.02 Å². The van der Waals surface area contributed by atoms with Crippen molar-refractivity contribution >= 4 is 17.4 Å². The molecule has 3 N–H and O–H groups in total. The number of nitrogens with two attached hydrogens (primary N) is 1. The zero-order valence-corrected chi connectivity index (χ0v) is 12.1. The van der Waals surface area contributed by atoms with E-state index in [1.54, 1.807) is 24.3 Å². The quantitative estimate of drug-likeness (QED) is 0.657. The van der Waals surface area contributed by atoms with Gasteiger partial charge in [-0.1, -0.05) is 17.7 Å². The molecule has 0 unspecified atom stereocenters. The number of halogens is 2. The van der Waals surface area contributed by atoms with Crippen molar-refractivity contribution in [2.24, 2.45) is 5.73 Å². The number of ether oxygens (including phenoxy) is 2. The van der Waals surface area contributed by atoms with Crippen molar-refractivity contribution in [3.8, 4) is 11.5 Å². The van der Waals surface area contributed by atoms with Crippen LogP contribution in [0.1, 0.15) is 11.1 Å². The van der Waals surface area contributed by atoms with Gasteiger partial charge >= 0.3 is 0 Å². The van der Waals surface area contributed by atoms with Crippen molar-refractivity contribution < 1.29 is 13.9 Å². The minimum atomic E-state index is -0.489. The van der Waals surface area contributed by atoms with Crippen LogP contribution in [0.5, 0.6) is 11.5 Å². The summed E-state index contributed by atoms with van der Waals surface area (Å²) in [6, 6.07) is 9.40. The Labute approximate surface area is 126 Å². The Kier molecular flexibility index (Phi) is 4.65. The smallest absolute Gasteiger partial charge is 0.161 e. The summed E-state index contributed by atoms with van der Waals surface area (Å²) in [5, 5.41) is 7.46. The van der Waals surface area contributed by atoms with E-state index < -0.39 is 5.82 Å². The molecule has 2 rings (SSSR count). The van der Waals surface area contributed by atoms with Gasteiger partial charge in [-0.15, -0.1) is 0 Å². The summed E-state index contributed by atoms with van der Waals surface area (Å²) >= 11 is 5.62. The average Bonchev–Trinajstić information content (AvgIpc) is 2.48. The van der Waals surface area contributed by atoms with Crippen molar-refractivity contribution in [1.29, 1.82) is 5.41 Å². The van der Waals surface area contributed by atoms with Crippen LogP contribution >= 0.6 is 11.6 Å². The highest BCUT2D eigenvalue weighted by Gasteiger charge is 2.08. The second-order valence-corrected chi connectivity index (χ2v) is 4.72. The van der Waals surface area contributed by atoms with E-state index in [-0.39, 0.29) is 17.5 Å². The van der Waals surface area contributed by atoms with E-state index in [0.29, 0.717) is 22.6 Å². The predicted octanol–water partition coefficient (Wildman–Crippen LogP) is 3.35. The van der Waals surface area contributed by atoms with Gasteiger partial charge in [0.1, 0.15) is 18.3 Å². The molecule has 0 amide bonds. The van der Waals surface area contributed by atoms with E-state index >= 15 is 0 Å². The molecule has 0 heterocycles. The summed E-state index contributed by atoms with van der Waals surface area (Å²) in [7, 11) is 1.49. The third-order valence-corrected chi connectivity index (χ3v) is 3.16. The van der Waals surface area contributed by atoms with Gasteiger partial charge in [0.15, 0.2) is 11.5 Å². The van der Waals surface area contributed by atoms with Gasteiger partial charge in [0, 0.05) is 5.56 Å². The van der Waals surface area contributed by atoms with Crippen LogP contribution in [0, 0.1) is 11.2 Å². The zero-order valence-electron chi connectivity index (χ0n) is 11.3. The van der Waals surface area contributed by atoms with E-state index in [2.05, 4.69) is 0 Å². The van der Waals surface area contributed by atoms with Crippen LogP contribution in [0.4, 0.5) is 4.39 Å². The summed E-state index contributed by atoms with van der Waals surface area (Å²) in [6.07, 6.45) is 0. The molecule has 0 fully saturated rings. The molecule has 2 aromatic carbocycles. The van der Waals surface area contributed by atoms with Crippen LogP contribution < -0.4 is 15.2 Å². The lowest BCUT2D eigenvalue weighted by Crippen LogP contribution is -2.11. The monoisotopic (exact) mass is 308 g/mol. The fourth-order valence-corrected chi connectivity index (χ4v) is 1.86. The number of nitrogens with one attached hydrogen (secondary N) is 1. The molecule has 0 aromatic heterocycles. The number of rotatable bonds is 5. The summed E-state index contributed by atoms with van der Waals surface area (Å²) in [4.78, 5) is 0. The molecule has 0 aliphatic carbocycles. The molecule has 0 bridgehead atoms. The van der Waals surface area contributed by atoms with E-state index in [1.165, 1.54) is 19.2 Å². The molecule has 0 aliphatic rings. The van der Waals surface area contributed by atoms with Gasteiger partial charge in [0.05, 0.1) is 12.1 Å². The standard InChI is InChI=1S/C15H14ClFN2O2/c1-20-14-7-10(15(18)19)3-5-13(14)21-8-9-2-4-11(16)12(17)6-9/h2-7H,8H2,1H3,(H3,18,19). The lowest BCUT2D eigenvalue weighted by Gasteiger charge is -2.12. The molecule has 0 spiro atoms. The van der Waals surface area contributed by atoms with E-state index in [9.17, 15) is 4.39 Å². The van der Waals surface area contributed by atoms with Crippen LogP contribution in [-0.4, -0.2) is 12.9 Å². The Morgan fingerprint density at radius 2 is 2.00 bits per heavy atom. The third-order valence-electron chi connectivity index (χ3n) is 2.85. The maximum atomic E-state index is 13.3. The molecule has 2 aromatic rings. The maximum Gasteiger partial charge on any atom is 0.161 e. The minimum absolute atomic E-state index is 0.0559. The number of methoxy groups -OCH3 is 1. The topological polar surface area (TPSA) is 68.3 Å². The van der Waals surface area contributed by atoms with E-state index in [0.717, 1.165) is 0 Å².